The van der Waals surface area contributed by atoms with Gasteiger partial charge in [0, 0.05) is 11.4 Å². The lowest BCUT2D eigenvalue weighted by atomic mass is 10.0. The second-order valence-corrected chi connectivity index (χ2v) is 6.53. The fourth-order valence-electron chi connectivity index (χ4n) is 2.12. The Morgan fingerprint density at radius 1 is 1.23 bits per heavy atom. The molecule has 0 aliphatic heterocycles. The van der Waals surface area contributed by atoms with Crippen LogP contribution in [0.15, 0.2) is 48.5 Å². The summed E-state index contributed by atoms with van der Waals surface area (Å²) in [5, 5.41) is 13.9. The molecular formula is C17H18ClNO2S. The number of carbonyl (C=O) groups is 1. The Bertz CT molecular complexity index is 631. The topological polar surface area (TPSA) is 49.3 Å². The van der Waals surface area contributed by atoms with E-state index in [0.29, 0.717) is 17.1 Å². The van der Waals surface area contributed by atoms with Crippen molar-refractivity contribution in [2.75, 3.05) is 11.1 Å². The van der Waals surface area contributed by atoms with Crippen LogP contribution in [0.4, 0.5) is 5.69 Å². The zero-order valence-electron chi connectivity index (χ0n) is 12.3. The zero-order valence-corrected chi connectivity index (χ0v) is 13.8. The molecule has 3 nitrogen and oxygen atoms in total. The lowest BCUT2D eigenvalue weighted by molar-refractivity contribution is -0.111. The summed E-state index contributed by atoms with van der Waals surface area (Å²) >= 11 is 7.23. The number of phenols is 1. The van der Waals surface area contributed by atoms with Crippen LogP contribution in [0.1, 0.15) is 24.9 Å². The summed E-state index contributed by atoms with van der Waals surface area (Å²) in [4.78, 5) is 12.0. The molecule has 0 fully saturated rings. The van der Waals surface area contributed by atoms with Crippen LogP contribution in [0, 0.1) is 0 Å². The third-order valence-corrected chi connectivity index (χ3v) is 4.21. The van der Waals surface area contributed by atoms with Gasteiger partial charge in [0.1, 0.15) is 5.75 Å². The van der Waals surface area contributed by atoms with Gasteiger partial charge >= 0.3 is 0 Å². The molecule has 1 atom stereocenters. The van der Waals surface area contributed by atoms with Crippen molar-refractivity contribution in [3.8, 4) is 5.75 Å². The second kappa shape index (κ2) is 8.11. The lowest BCUT2D eigenvalue weighted by Gasteiger charge is -2.20. The molecule has 0 aliphatic rings. The van der Waals surface area contributed by atoms with Crippen molar-refractivity contribution < 1.29 is 9.90 Å². The van der Waals surface area contributed by atoms with E-state index in [-0.39, 0.29) is 16.9 Å². The number of hydrogen-bond donors (Lipinski definition) is 2. The number of benzene rings is 2. The Morgan fingerprint density at radius 2 is 1.91 bits per heavy atom. The van der Waals surface area contributed by atoms with Gasteiger partial charge in [0.15, 0.2) is 5.12 Å². The van der Waals surface area contributed by atoms with Gasteiger partial charge in [0.2, 0.25) is 0 Å². The number of phenolic OH excluding ortho intramolecular Hbond substituents is 1. The molecule has 2 N–H and O–H groups in total. The molecule has 0 aromatic heterocycles. The molecule has 22 heavy (non-hydrogen) atoms. The highest BCUT2D eigenvalue weighted by molar-refractivity contribution is 8.13. The number of aromatic hydroxyl groups is 1. The first-order valence-corrected chi connectivity index (χ1v) is 8.42. The highest BCUT2D eigenvalue weighted by atomic mass is 35.5. The van der Waals surface area contributed by atoms with E-state index in [4.69, 9.17) is 11.6 Å². The molecule has 2 aromatic carbocycles. The predicted molar refractivity (Wildman–Crippen MR) is 93.7 cm³/mol. The normalized spacial score (nSPS) is 11.9. The number of halogens is 1. The Balaban J connectivity index is 2.23. The summed E-state index contributed by atoms with van der Waals surface area (Å²) in [6.45, 7) is 1.95. The highest BCUT2D eigenvalue weighted by Gasteiger charge is 2.17. The maximum absolute atomic E-state index is 12.0. The summed E-state index contributed by atoms with van der Waals surface area (Å²) in [6, 6.07) is 14.2. The van der Waals surface area contributed by atoms with Crippen molar-refractivity contribution in [3.63, 3.8) is 0 Å². The SMILES string of the molecule is CCSC(=O)C[C@H](Nc1ccccc1O)c1ccc(Cl)cc1. The number of hydrogen-bond acceptors (Lipinski definition) is 4. The van der Waals surface area contributed by atoms with Gasteiger partial charge in [-0.1, -0.05) is 54.6 Å². The van der Waals surface area contributed by atoms with Crippen LogP contribution in [0.5, 0.6) is 5.75 Å². The summed E-state index contributed by atoms with van der Waals surface area (Å²) in [7, 11) is 0. The molecule has 0 saturated heterocycles. The van der Waals surface area contributed by atoms with Gasteiger partial charge in [-0.3, -0.25) is 4.79 Å². The van der Waals surface area contributed by atoms with Crippen LogP contribution in [0.25, 0.3) is 0 Å². The van der Waals surface area contributed by atoms with Crippen molar-refractivity contribution in [1.29, 1.82) is 0 Å². The van der Waals surface area contributed by atoms with Gasteiger partial charge in [-0.05, 0) is 35.6 Å². The first-order chi connectivity index (χ1) is 10.6. The van der Waals surface area contributed by atoms with Crippen LogP contribution in [0.3, 0.4) is 0 Å². The minimum atomic E-state index is -0.211. The fourth-order valence-corrected chi connectivity index (χ4v) is 2.85. The molecule has 0 radical (unpaired) electrons. The first kappa shape index (κ1) is 16.7. The van der Waals surface area contributed by atoms with Crippen molar-refractivity contribution in [1.82, 2.24) is 0 Å². The average molecular weight is 336 g/mol. The fraction of sp³-hybridized carbons (Fsp3) is 0.235. The number of para-hydroxylation sites is 2. The maximum atomic E-state index is 12.0. The molecule has 116 valence electrons. The van der Waals surface area contributed by atoms with E-state index >= 15 is 0 Å². The third-order valence-electron chi connectivity index (χ3n) is 3.18. The van der Waals surface area contributed by atoms with E-state index in [1.807, 2.05) is 25.1 Å². The molecule has 0 heterocycles. The van der Waals surface area contributed by atoms with Crippen molar-refractivity contribution in [2.45, 2.75) is 19.4 Å². The Morgan fingerprint density at radius 3 is 2.55 bits per heavy atom. The Kier molecular flexibility index (Phi) is 6.16. The summed E-state index contributed by atoms with van der Waals surface area (Å²) in [6.07, 6.45) is 0.342. The Labute approximate surface area is 139 Å². The molecule has 2 aromatic rings. The third kappa shape index (κ3) is 4.68. The van der Waals surface area contributed by atoms with Gasteiger partial charge in [0.25, 0.3) is 0 Å². The number of thioether (sulfide) groups is 1. The second-order valence-electron chi connectivity index (χ2n) is 4.77. The molecule has 0 amide bonds. The van der Waals surface area contributed by atoms with Gasteiger partial charge in [-0.25, -0.2) is 0 Å². The van der Waals surface area contributed by atoms with Crippen LogP contribution in [-0.2, 0) is 4.79 Å². The van der Waals surface area contributed by atoms with E-state index < -0.39 is 0 Å². The van der Waals surface area contributed by atoms with E-state index in [2.05, 4.69) is 5.32 Å². The van der Waals surface area contributed by atoms with Crippen LogP contribution < -0.4 is 5.32 Å². The summed E-state index contributed by atoms with van der Waals surface area (Å²) in [5.74, 6) is 0.917. The van der Waals surface area contributed by atoms with Crippen molar-refractivity contribution in [3.05, 3.63) is 59.1 Å². The predicted octanol–water partition coefficient (Wildman–Crippen LogP) is 4.87. The van der Waals surface area contributed by atoms with Gasteiger partial charge < -0.3 is 10.4 Å². The van der Waals surface area contributed by atoms with Gasteiger partial charge in [-0.2, -0.15) is 0 Å². The van der Waals surface area contributed by atoms with Crippen LogP contribution in [0.2, 0.25) is 5.02 Å². The van der Waals surface area contributed by atoms with Gasteiger partial charge in [0.05, 0.1) is 11.7 Å². The lowest BCUT2D eigenvalue weighted by Crippen LogP contribution is -2.14. The molecule has 0 spiro atoms. The number of carbonyl (C=O) groups excluding carboxylic acids is 1. The largest absolute Gasteiger partial charge is 0.506 e. The number of anilines is 1. The zero-order chi connectivity index (χ0) is 15.9. The van der Waals surface area contributed by atoms with Crippen LogP contribution in [-0.4, -0.2) is 16.0 Å². The molecule has 0 saturated carbocycles. The standard InChI is InChI=1S/C17H18ClNO2S/c1-2-22-17(21)11-15(12-7-9-13(18)10-8-12)19-14-5-3-4-6-16(14)20/h3-10,15,19-20H,2,11H2,1H3/t15-/m0/s1. The minimum Gasteiger partial charge on any atom is -0.506 e. The van der Waals surface area contributed by atoms with E-state index in [0.717, 1.165) is 11.3 Å². The quantitative estimate of drug-likeness (QED) is 0.739. The van der Waals surface area contributed by atoms with E-state index in [1.54, 1.807) is 30.3 Å². The summed E-state index contributed by atoms with van der Waals surface area (Å²) in [5.41, 5.74) is 1.56. The maximum Gasteiger partial charge on any atom is 0.191 e. The van der Waals surface area contributed by atoms with Crippen LogP contribution >= 0.6 is 23.4 Å². The smallest absolute Gasteiger partial charge is 0.191 e. The molecule has 0 aliphatic carbocycles. The monoisotopic (exact) mass is 335 g/mol. The summed E-state index contributed by atoms with van der Waals surface area (Å²) < 4.78 is 0. The molecule has 5 heteroatoms. The van der Waals surface area contributed by atoms with Gasteiger partial charge in [-0.15, -0.1) is 0 Å². The molecule has 0 bridgehead atoms. The first-order valence-electron chi connectivity index (χ1n) is 7.05. The Hall–Kier alpha value is -1.65. The molecule has 0 unspecified atom stereocenters. The molecular weight excluding hydrogens is 318 g/mol. The number of rotatable bonds is 6. The average Bonchev–Trinajstić information content (AvgIpc) is 2.50. The van der Waals surface area contributed by atoms with E-state index in [1.165, 1.54) is 11.8 Å². The van der Waals surface area contributed by atoms with E-state index in [9.17, 15) is 9.90 Å². The van der Waals surface area contributed by atoms with Crippen molar-refractivity contribution in [2.24, 2.45) is 0 Å². The minimum absolute atomic E-state index is 0.116. The molecule has 2 rings (SSSR count). The van der Waals surface area contributed by atoms with Crippen molar-refractivity contribution >= 4 is 34.2 Å². The highest BCUT2D eigenvalue weighted by Crippen LogP contribution is 2.30. The number of nitrogens with one attached hydrogen (secondary N) is 1.